The van der Waals surface area contributed by atoms with E-state index in [1.807, 2.05) is 42.5 Å². The predicted octanol–water partition coefficient (Wildman–Crippen LogP) is 3.29. The molecule has 3 aromatic rings. The minimum absolute atomic E-state index is 0.111. The van der Waals surface area contributed by atoms with Crippen molar-refractivity contribution in [3.63, 3.8) is 0 Å². The highest BCUT2D eigenvalue weighted by molar-refractivity contribution is 7.13. The summed E-state index contributed by atoms with van der Waals surface area (Å²) in [4.78, 5) is 14.7. The number of aromatic nitrogens is 1. The summed E-state index contributed by atoms with van der Waals surface area (Å²) in [7, 11) is 0. The van der Waals surface area contributed by atoms with Gasteiger partial charge in [-0.05, 0) is 16.3 Å². The molecule has 0 radical (unpaired) electrons. The van der Waals surface area contributed by atoms with Gasteiger partial charge < -0.3 is 10.2 Å². The topological polar surface area (TPSA) is 70.4 Å². The average Bonchev–Trinajstić information content (AvgIpc) is 2.80. The maximum atomic E-state index is 10.9. The van der Waals surface area contributed by atoms with Gasteiger partial charge in [0.1, 0.15) is 5.01 Å². The molecule has 0 saturated heterocycles. The first kappa shape index (κ1) is 12.6. The highest BCUT2D eigenvalue weighted by Crippen LogP contribution is 2.28. The molecule has 0 aliphatic rings. The third-order valence-electron chi connectivity index (χ3n) is 3.07. The molecule has 0 unspecified atom stereocenters. The summed E-state index contributed by atoms with van der Waals surface area (Å²) in [5.74, 6) is -1.55. The molecule has 2 aromatic carbocycles. The van der Waals surface area contributed by atoms with E-state index in [-0.39, 0.29) is 4.88 Å². The molecular formula is C15H11NO3S. The van der Waals surface area contributed by atoms with E-state index in [4.69, 9.17) is 5.11 Å². The molecular weight excluding hydrogens is 274 g/mol. The summed E-state index contributed by atoms with van der Waals surface area (Å²) in [5.41, 5.74) is 1.06. The molecule has 20 heavy (non-hydrogen) atoms. The van der Waals surface area contributed by atoms with Gasteiger partial charge in [0.2, 0.25) is 5.88 Å². The van der Waals surface area contributed by atoms with Crippen LogP contribution in [0.2, 0.25) is 0 Å². The largest absolute Gasteiger partial charge is 0.492 e. The van der Waals surface area contributed by atoms with Crippen molar-refractivity contribution in [3.8, 4) is 5.88 Å². The normalized spacial score (nSPS) is 10.8. The number of benzene rings is 2. The zero-order valence-electron chi connectivity index (χ0n) is 10.4. The standard InChI is InChI=1S/C15H11NO3S/c17-14-13(15(18)19)20-12(16-14)8-10-6-3-5-9-4-1-2-7-11(9)10/h1-7,17H,8H2,(H,18,19). The van der Waals surface area contributed by atoms with E-state index in [9.17, 15) is 9.90 Å². The molecule has 4 nitrogen and oxygen atoms in total. The van der Waals surface area contributed by atoms with Gasteiger partial charge >= 0.3 is 5.97 Å². The first-order valence-electron chi connectivity index (χ1n) is 6.04. The number of hydrogen-bond acceptors (Lipinski definition) is 4. The summed E-state index contributed by atoms with van der Waals surface area (Å²) in [6.07, 6.45) is 0.507. The monoisotopic (exact) mass is 285 g/mol. The van der Waals surface area contributed by atoms with Gasteiger partial charge in [-0.25, -0.2) is 9.78 Å². The van der Waals surface area contributed by atoms with Crippen LogP contribution in [0, 0.1) is 0 Å². The minimum Gasteiger partial charge on any atom is -0.492 e. The van der Waals surface area contributed by atoms with E-state index < -0.39 is 11.8 Å². The lowest BCUT2D eigenvalue weighted by Gasteiger charge is -2.04. The Labute approximate surface area is 119 Å². The molecule has 0 bridgehead atoms. The van der Waals surface area contributed by atoms with Gasteiger partial charge in [0.25, 0.3) is 0 Å². The average molecular weight is 285 g/mol. The van der Waals surface area contributed by atoms with E-state index in [0.29, 0.717) is 11.4 Å². The zero-order valence-corrected chi connectivity index (χ0v) is 11.2. The number of carbonyl (C=O) groups is 1. The molecule has 0 aliphatic carbocycles. The van der Waals surface area contributed by atoms with Gasteiger partial charge in [0.05, 0.1) is 0 Å². The van der Waals surface area contributed by atoms with Gasteiger partial charge in [-0.2, -0.15) is 0 Å². The summed E-state index contributed by atoms with van der Waals surface area (Å²) >= 11 is 1.01. The van der Waals surface area contributed by atoms with Crippen molar-refractivity contribution >= 4 is 28.1 Å². The zero-order chi connectivity index (χ0) is 14.1. The Kier molecular flexibility index (Phi) is 3.12. The summed E-state index contributed by atoms with van der Waals surface area (Å²) in [6.45, 7) is 0. The molecule has 0 saturated carbocycles. The number of carboxylic acid groups (broad SMARTS) is 1. The highest BCUT2D eigenvalue weighted by Gasteiger charge is 2.17. The number of carboxylic acids is 1. The molecule has 1 heterocycles. The third kappa shape index (κ3) is 2.23. The van der Waals surface area contributed by atoms with E-state index >= 15 is 0 Å². The molecule has 3 rings (SSSR count). The van der Waals surface area contributed by atoms with Crippen molar-refractivity contribution in [3.05, 3.63) is 57.9 Å². The van der Waals surface area contributed by atoms with E-state index in [1.165, 1.54) is 0 Å². The molecule has 0 atom stereocenters. The SMILES string of the molecule is O=C(O)c1sc(Cc2cccc3ccccc23)nc1O. The number of hydrogen-bond donors (Lipinski definition) is 2. The lowest BCUT2D eigenvalue weighted by molar-refractivity contribution is 0.0699. The highest BCUT2D eigenvalue weighted by atomic mass is 32.1. The molecule has 0 spiro atoms. The Balaban J connectivity index is 2.01. The molecule has 0 aliphatic heterocycles. The number of thiazole rings is 1. The fourth-order valence-corrected chi connectivity index (χ4v) is 3.00. The first-order chi connectivity index (χ1) is 9.65. The maximum absolute atomic E-state index is 10.9. The van der Waals surface area contributed by atoms with Crippen LogP contribution in [0.25, 0.3) is 10.8 Å². The number of aromatic hydroxyl groups is 1. The second kappa shape index (κ2) is 4.94. The van der Waals surface area contributed by atoms with Gasteiger partial charge in [-0.3, -0.25) is 0 Å². The number of fused-ring (bicyclic) bond motifs is 1. The fourth-order valence-electron chi connectivity index (χ4n) is 2.18. The van der Waals surface area contributed by atoms with Crippen LogP contribution in [0.3, 0.4) is 0 Å². The Morgan fingerprint density at radius 2 is 1.90 bits per heavy atom. The third-order valence-corrected chi connectivity index (χ3v) is 4.10. The van der Waals surface area contributed by atoms with Gasteiger partial charge in [0.15, 0.2) is 4.88 Å². The second-order valence-corrected chi connectivity index (χ2v) is 5.46. The van der Waals surface area contributed by atoms with E-state index in [1.54, 1.807) is 0 Å². The van der Waals surface area contributed by atoms with Crippen LogP contribution < -0.4 is 0 Å². The lowest BCUT2D eigenvalue weighted by atomic mass is 10.0. The lowest BCUT2D eigenvalue weighted by Crippen LogP contribution is -1.91. The van der Waals surface area contributed by atoms with E-state index in [2.05, 4.69) is 4.98 Å². The number of nitrogens with zero attached hydrogens (tertiary/aromatic N) is 1. The smallest absolute Gasteiger partial charge is 0.351 e. The Hall–Kier alpha value is -2.40. The number of aromatic carboxylic acids is 1. The van der Waals surface area contributed by atoms with E-state index in [0.717, 1.165) is 27.7 Å². The minimum atomic E-state index is -1.15. The van der Waals surface area contributed by atoms with Crippen LogP contribution in [-0.4, -0.2) is 21.2 Å². The number of rotatable bonds is 3. The molecule has 1 aromatic heterocycles. The van der Waals surface area contributed by atoms with Crippen molar-refractivity contribution in [2.45, 2.75) is 6.42 Å². The van der Waals surface area contributed by atoms with Crippen LogP contribution in [0.4, 0.5) is 0 Å². The van der Waals surface area contributed by atoms with Gasteiger partial charge in [0, 0.05) is 6.42 Å². The Bertz CT molecular complexity index is 789. The second-order valence-electron chi connectivity index (χ2n) is 4.38. The van der Waals surface area contributed by atoms with Gasteiger partial charge in [-0.1, -0.05) is 42.5 Å². The van der Waals surface area contributed by atoms with Crippen molar-refractivity contribution in [2.75, 3.05) is 0 Å². The van der Waals surface area contributed by atoms with Crippen LogP contribution in [-0.2, 0) is 6.42 Å². The van der Waals surface area contributed by atoms with Crippen LogP contribution >= 0.6 is 11.3 Å². The molecule has 5 heteroatoms. The fraction of sp³-hybridized carbons (Fsp3) is 0.0667. The van der Waals surface area contributed by atoms with Crippen molar-refractivity contribution in [1.29, 1.82) is 0 Å². The van der Waals surface area contributed by atoms with Crippen molar-refractivity contribution < 1.29 is 15.0 Å². The van der Waals surface area contributed by atoms with Crippen LogP contribution in [0.5, 0.6) is 5.88 Å². The molecule has 100 valence electrons. The van der Waals surface area contributed by atoms with Crippen molar-refractivity contribution in [1.82, 2.24) is 4.98 Å². The Morgan fingerprint density at radius 3 is 2.65 bits per heavy atom. The quantitative estimate of drug-likeness (QED) is 0.774. The predicted molar refractivity (Wildman–Crippen MR) is 77.5 cm³/mol. The van der Waals surface area contributed by atoms with Crippen molar-refractivity contribution in [2.24, 2.45) is 0 Å². The molecule has 2 N–H and O–H groups in total. The maximum Gasteiger partial charge on any atom is 0.351 e. The first-order valence-corrected chi connectivity index (χ1v) is 6.85. The Morgan fingerprint density at radius 1 is 1.15 bits per heavy atom. The van der Waals surface area contributed by atoms with Gasteiger partial charge in [-0.15, -0.1) is 11.3 Å². The summed E-state index contributed by atoms with van der Waals surface area (Å²) < 4.78 is 0. The molecule has 0 fully saturated rings. The van der Waals surface area contributed by atoms with Crippen LogP contribution in [0.1, 0.15) is 20.2 Å². The van der Waals surface area contributed by atoms with Crippen LogP contribution in [0.15, 0.2) is 42.5 Å². The summed E-state index contributed by atoms with van der Waals surface area (Å²) in [5, 5.41) is 21.3. The molecule has 0 amide bonds. The summed E-state index contributed by atoms with van der Waals surface area (Å²) in [6, 6.07) is 14.0.